The normalized spacial score (nSPS) is 28.6. The van der Waals surface area contributed by atoms with E-state index < -0.39 is 61.7 Å². The average molecular weight is 1120 g/mol. The number of hydrogen-bond donors (Lipinski definition) is 6. The Labute approximate surface area is 469 Å². The molecular weight excluding hydrogens is 1040 g/mol. The van der Waals surface area contributed by atoms with E-state index in [0.717, 1.165) is 109 Å². The number of H-pyrrole nitrogens is 1. The van der Waals surface area contributed by atoms with Crippen LogP contribution in [0.4, 0.5) is 0 Å². The number of phosphoric ester groups is 1. The first-order chi connectivity index (χ1) is 38.6. The van der Waals surface area contributed by atoms with E-state index in [9.17, 15) is 38.9 Å². The van der Waals surface area contributed by atoms with Crippen LogP contribution in [0.3, 0.4) is 0 Å². The standard InChI is InChI=1S/C63H80N3O13P/c1-62-29-28-48(67)37-46(62)23-26-49-55(62)50(68)38-63(2)56(49)58-59(78-61(77-58)43-18-9-6-10-19-43)57(63)52(70)40-76-60(71)42-20-24-47(25-21-42)66-32-31-65-54(66)36-45-35-44(22-27-53(45)79-80(72,73)74)51(69)39-64-30-12-3-4-13-33-75-34-14-11-17-41-15-7-5-8-16-41/h5,7-8,15-16,20-22,24-25,27-29,31-32,35,37,43,49-51,55-59,61,64,68-69H,3-4,6,9-14,17-19,23,26,30,33-34,36,38-40H2,1-2H3,(H2,72,73,74)/p+1/t49?,50-,51?,55?,56?,57-,58?,59+,61+,62-,63-/m0/s1. The highest BCUT2D eigenvalue weighted by atomic mass is 31.2. The Kier molecular flexibility index (Phi) is 18.6. The van der Waals surface area contributed by atoms with Crippen LogP contribution in [0.1, 0.15) is 143 Å². The summed E-state index contributed by atoms with van der Waals surface area (Å²) in [5.41, 5.74) is 3.10. The number of Topliss-reactive ketones (excluding diaryl/α,β-unsaturated/α-hetero) is 1. The van der Waals surface area contributed by atoms with Crippen molar-refractivity contribution in [2.75, 3.05) is 32.9 Å². The highest BCUT2D eigenvalue weighted by Crippen LogP contribution is 2.68. The summed E-state index contributed by atoms with van der Waals surface area (Å²) in [4.78, 5) is 63.8. The number of benzene rings is 3. The molecule has 3 aromatic carbocycles. The summed E-state index contributed by atoms with van der Waals surface area (Å²) in [7, 11) is -4.94. The van der Waals surface area contributed by atoms with Gasteiger partial charge in [-0.1, -0.05) is 94.0 Å². The molecule has 2 heterocycles. The molecule has 0 spiro atoms. The lowest BCUT2D eigenvalue weighted by molar-refractivity contribution is -0.602. The fourth-order valence-corrected chi connectivity index (χ4v) is 15.2. The fourth-order valence-electron chi connectivity index (χ4n) is 14.8. The third-order valence-electron chi connectivity index (χ3n) is 18.6. The van der Waals surface area contributed by atoms with Gasteiger partial charge in [0, 0.05) is 42.6 Å². The number of nitrogens with zero attached hydrogens (tertiary/aromatic N) is 1. The van der Waals surface area contributed by atoms with E-state index in [1.54, 1.807) is 60.9 Å². The van der Waals surface area contributed by atoms with E-state index in [1.165, 1.54) is 18.1 Å². The molecular formula is C63H81N3O13P+. The number of aromatic amines is 1. The van der Waals surface area contributed by atoms with E-state index in [0.29, 0.717) is 29.1 Å². The minimum absolute atomic E-state index is 0.0105. The lowest BCUT2D eigenvalue weighted by Gasteiger charge is -2.59. The number of aromatic nitrogens is 2. The number of ketones is 2. The first-order valence-corrected chi connectivity index (χ1v) is 30.8. The number of rotatable bonds is 25. The average Bonchev–Trinajstić information content (AvgIpc) is 4.30. The summed E-state index contributed by atoms with van der Waals surface area (Å²) in [6.45, 7) is 6.30. The molecule has 16 nitrogen and oxygen atoms in total. The molecule has 1 aliphatic heterocycles. The number of aryl methyl sites for hydroxylation is 1. The van der Waals surface area contributed by atoms with Gasteiger partial charge in [0.05, 0.1) is 42.3 Å². The van der Waals surface area contributed by atoms with Gasteiger partial charge in [0.1, 0.15) is 23.8 Å². The number of fused-ring (bicyclic) bond motifs is 7. The fraction of sp³-hybridized carbons (Fsp3) is 0.556. The van der Waals surface area contributed by atoms with Crippen LogP contribution in [0.2, 0.25) is 0 Å². The molecule has 6 aliphatic rings. The van der Waals surface area contributed by atoms with E-state index in [4.69, 9.17) is 23.5 Å². The van der Waals surface area contributed by atoms with Crippen LogP contribution in [0.5, 0.6) is 5.75 Å². The maximum atomic E-state index is 14.7. The minimum atomic E-state index is -4.94. The third-order valence-corrected chi connectivity index (χ3v) is 19.0. The van der Waals surface area contributed by atoms with Crippen molar-refractivity contribution in [3.8, 4) is 11.4 Å². The molecule has 6 N–H and O–H groups in total. The number of esters is 1. The second-order valence-electron chi connectivity index (χ2n) is 23.8. The number of aliphatic hydroxyl groups is 2. The number of hydrogen-bond acceptors (Lipinski definition) is 12. The Morgan fingerprint density at radius 1 is 0.900 bits per heavy atom. The molecule has 10 rings (SSSR count). The van der Waals surface area contributed by atoms with Crippen LogP contribution >= 0.6 is 7.82 Å². The zero-order valence-corrected chi connectivity index (χ0v) is 47.2. The highest BCUT2D eigenvalue weighted by Gasteiger charge is 2.71. The van der Waals surface area contributed by atoms with Gasteiger partial charge in [-0.05, 0) is 148 Å². The number of carbonyl (C=O) groups is 3. The predicted octanol–water partition coefficient (Wildman–Crippen LogP) is 9.11. The molecule has 0 bridgehead atoms. The van der Waals surface area contributed by atoms with Crippen LogP contribution in [0.15, 0.2) is 109 Å². The van der Waals surface area contributed by atoms with Crippen molar-refractivity contribution >= 4 is 25.4 Å². The second-order valence-corrected chi connectivity index (χ2v) is 25.0. The van der Waals surface area contributed by atoms with Gasteiger partial charge in [-0.25, -0.2) is 14.3 Å². The smallest absolute Gasteiger partial charge is 0.454 e. The number of unbranched alkanes of at least 4 members (excludes halogenated alkanes) is 4. The molecule has 0 amide bonds. The number of phosphoric acid groups is 1. The quantitative estimate of drug-likeness (QED) is 0.0158. The summed E-state index contributed by atoms with van der Waals surface area (Å²) in [5, 5.41) is 26.7. The molecule has 11 atom stereocenters. The maximum absolute atomic E-state index is 14.7. The summed E-state index contributed by atoms with van der Waals surface area (Å²) >= 11 is 0. The highest BCUT2D eigenvalue weighted by molar-refractivity contribution is 7.46. The summed E-state index contributed by atoms with van der Waals surface area (Å²) in [5.74, 6) is -1.05. The van der Waals surface area contributed by atoms with Crippen molar-refractivity contribution in [3.05, 3.63) is 137 Å². The summed E-state index contributed by atoms with van der Waals surface area (Å²) in [6.07, 6.45) is 20.5. The molecule has 4 saturated carbocycles. The first kappa shape index (κ1) is 58.1. The molecule has 0 radical (unpaired) electrons. The van der Waals surface area contributed by atoms with Crippen LogP contribution in [0.25, 0.3) is 5.69 Å². The molecule has 17 heteroatoms. The Morgan fingerprint density at radius 3 is 2.42 bits per heavy atom. The van der Waals surface area contributed by atoms with Gasteiger partial charge in [-0.3, -0.25) is 19.4 Å². The molecule has 5 unspecified atom stereocenters. The number of aliphatic hydroxyl groups excluding tert-OH is 2. The molecule has 430 valence electrons. The molecule has 1 aromatic heterocycles. The lowest BCUT2D eigenvalue weighted by Crippen LogP contribution is -2.58. The zero-order chi connectivity index (χ0) is 56.0. The number of allylic oxidation sites excluding steroid dienone is 4. The number of carbonyl (C=O) groups excluding carboxylic acids is 3. The molecule has 5 aliphatic carbocycles. The van der Waals surface area contributed by atoms with E-state index in [1.807, 2.05) is 16.7 Å². The monoisotopic (exact) mass is 1120 g/mol. The van der Waals surface area contributed by atoms with Crippen molar-refractivity contribution in [1.82, 2.24) is 10.3 Å². The van der Waals surface area contributed by atoms with Gasteiger partial charge in [0.2, 0.25) is 0 Å². The maximum Gasteiger partial charge on any atom is 0.524 e. The Balaban J connectivity index is 0.739. The largest absolute Gasteiger partial charge is 0.524 e. The van der Waals surface area contributed by atoms with Gasteiger partial charge < -0.3 is 39.0 Å². The second kappa shape index (κ2) is 25.6. The van der Waals surface area contributed by atoms with Gasteiger partial charge in [0.15, 0.2) is 24.5 Å². The predicted molar refractivity (Wildman–Crippen MR) is 298 cm³/mol. The third kappa shape index (κ3) is 13.0. The van der Waals surface area contributed by atoms with Gasteiger partial charge in [0.25, 0.3) is 5.82 Å². The van der Waals surface area contributed by atoms with Gasteiger partial charge >= 0.3 is 13.8 Å². The van der Waals surface area contributed by atoms with Crippen molar-refractivity contribution in [1.29, 1.82) is 0 Å². The van der Waals surface area contributed by atoms with Crippen LogP contribution in [-0.2, 0) is 45.9 Å². The summed E-state index contributed by atoms with van der Waals surface area (Å²) < 4.78 is 44.5. The SMILES string of the molecule is C[C@]12C=CC(=O)C=C1CCC1C2[C@@H](O)C[C@@]2(C)C1C1O[C@@H](C3CCCCC3)O[C@@H]1[C@@H]2C(=O)COC(=O)c1ccc(-[n+]2cc[nH]c2Cc2cc(C(O)CNCCCCCCOCCCCc3ccccc3)ccc2OP(=O)(O)O)cc1. The van der Waals surface area contributed by atoms with Gasteiger partial charge in [-0.15, -0.1) is 0 Å². The molecule has 4 aromatic rings. The first-order valence-electron chi connectivity index (χ1n) is 29.3. The van der Waals surface area contributed by atoms with Crippen LogP contribution < -0.4 is 14.4 Å². The minimum Gasteiger partial charge on any atom is -0.454 e. The Hall–Kier alpha value is -5.13. The molecule has 80 heavy (non-hydrogen) atoms. The van der Waals surface area contributed by atoms with E-state index in [-0.39, 0.29) is 65.6 Å². The Morgan fingerprint density at radius 2 is 1.65 bits per heavy atom. The lowest BCUT2D eigenvalue weighted by atomic mass is 9.46. The molecule has 1 saturated heterocycles. The summed E-state index contributed by atoms with van der Waals surface area (Å²) in [6, 6.07) is 22.0. The van der Waals surface area contributed by atoms with Crippen molar-refractivity contribution in [3.63, 3.8) is 0 Å². The number of imidazole rings is 1. The topological polar surface area (TPSA) is 227 Å². The van der Waals surface area contributed by atoms with Crippen LogP contribution in [-0.4, -0.2) is 100 Å². The number of ether oxygens (including phenoxy) is 4. The van der Waals surface area contributed by atoms with Crippen molar-refractivity contribution in [2.45, 2.75) is 147 Å². The van der Waals surface area contributed by atoms with E-state index in [2.05, 4.69) is 48.4 Å². The Bertz CT molecular complexity index is 2900. The number of nitrogens with one attached hydrogen (secondary N) is 2. The molecule has 5 fully saturated rings. The van der Waals surface area contributed by atoms with Gasteiger partial charge in [-0.2, -0.15) is 4.57 Å². The zero-order valence-electron chi connectivity index (χ0n) is 46.3. The van der Waals surface area contributed by atoms with Crippen molar-refractivity contribution < 1.29 is 67.0 Å². The van der Waals surface area contributed by atoms with E-state index >= 15 is 0 Å². The van der Waals surface area contributed by atoms with Crippen molar-refractivity contribution in [2.24, 2.45) is 40.4 Å². The van der Waals surface area contributed by atoms with Crippen LogP contribution in [0, 0.1) is 40.4 Å².